The van der Waals surface area contributed by atoms with Gasteiger partial charge in [-0.2, -0.15) is 0 Å². The van der Waals surface area contributed by atoms with Crippen LogP contribution in [0.5, 0.6) is 0 Å². The van der Waals surface area contributed by atoms with E-state index in [1.54, 1.807) is 0 Å². The molecule has 1 unspecified atom stereocenters. The van der Waals surface area contributed by atoms with Crippen LogP contribution in [0.25, 0.3) is 0 Å². The molecule has 1 aromatic rings. The molecule has 2 bridgehead atoms. The number of fused-ring (bicyclic) bond motifs is 3. The van der Waals surface area contributed by atoms with E-state index in [9.17, 15) is 4.79 Å². The summed E-state index contributed by atoms with van der Waals surface area (Å²) >= 11 is 0. The third kappa shape index (κ3) is 3.09. The van der Waals surface area contributed by atoms with Crippen LogP contribution in [0.15, 0.2) is 30.3 Å². The minimum Gasteiger partial charge on any atom is -0.444 e. The Morgan fingerprint density at radius 2 is 1.87 bits per heavy atom. The van der Waals surface area contributed by atoms with Crippen molar-refractivity contribution in [2.24, 2.45) is 11.7 Å². The molecule has 0 spiro atoms. The van der Waals surface area contributed by atoms with Crippen molar-refractivity contribution in [3.63, 3.8) is 0 Å². The number of nitrogens with two attached hydrogens (primary N) is 1. The van der Waals surface area contributed by atoms with Gasteiger partial charge in [0.05, 0.1) is 11.6 Å². The molecule has 2 heterocycles. The summed E-state index contributed by atoms with van der Waals surface area (Å²) in [4.78, 5) is 14.7. The average Bonchev–Trinajstić information content (AvgIpc) is 2.54. The number of amides is 1. The van der Waals surface area contributed by atoms with E-state index in [4.69, 9.17) is 10.5 Å². The number of carbonyl (C=O) groups excluding carboxylic acids is 1. The molecule has 1 saturated carbocycles. The maximum absolute atomic E-state index is 12.8. The number of hydrogen-bond acceptors (Lipinski definition) is 3. The molecule has 3 fully saturated rings. The van der Waals surface area contributed by atoms with Crippen LogP contribution in [-0.2, 0) is 4.74 Å². The topological polar surface area (TPSA) is 55.6 Å². The van der Waals surface area contributed by atoms with Crippen LogP contribution in [0.1, 0.15) is 58.1 Å². The number of piperidine rings is 2. The van der Waals surface area contributed by atoms with Crippen molar-refractivity contribution in [2.75, 3.05) is 6.54 Å². The molecule has 126 valence electrons. The quantitative estimate of drug-likeness (QED) is 0.901. The summed E-state index contributed by atoms with van der Waals surface area (Å²) in [7, 11) is 0. The molecule has 0 aromatic heterocycles. The lowest BCUT2D eigenvalue weighted by Gasteiger charge is -2.56. The second kappa shape index (κ2) is 5.82. The van der Waals surface area contributed by atoms with Gasteiger partial charge in [-0.05, 0) is 57.9 Å². The molecule has 2 N–H and O–H groups in total. The second-order valence-electron chi connectivity index (χ2n) is 8.03. The van der Waals surface area contributed by atoms with Gasteiger partial charge < -0.3 is 15.4 Å². The highest BCUT2D eigenvalue weighted by molar-refractivity contribution is 5.70. The summed E-state index contributed by atoms with van der Waals surface area (Å²) in [6.45, 7) is 6.51. The van der Waals surface area contributed by atoms with Crippen LogP contribution in [0.4, 0.5) is 4.79 Å². The summed E-state index contributed by atoms with van der Waals surface area (Å²) in [5, 5.41) is 0. The van der Waals surface area contributed by atoms with Crippen LogP contribution in [0.2, 0.25) is 0 Å². The highest BCUT2D eigenvalue weighted by Crippen LogP contribution is 2.49. The van der Waals surface area contributed by atoms with Gasteiger partial charge in [-0.25, -0.2) is 4.79 Å². The van der Waals surface area contributed by atoms with Crippen LogP contribution in [0.3, 0.4) is 0 Å². The normalized spacial score (nSPS) is 28.5. The van der Waals surface area contributed by atoms with E-state index in [0.29, 0.717) is 5.92 Å². The summed E-state index contributed by atoms with van der Waals surface area (Å²) < 4.78 is 5.67. The third-order valence-corrected chi connectivity index (χ3v) is 5.30. The van der Waals surface area contributed by atoms with E-state index < -0.39 is 5.60 Å². The van der Waals surface area contributed by atoms with E-state index in [2.05, 4.69) is 12.1 Å². The predicted octanol–water partition coefficient (Wildman–Crippen LogP) is 3.87. The van der Waals surface area contributed by atoms with Crippen molar-refractivity contribution in [3.8, 4) is 0 Å². The number of benzene rings is 1. The Morgan fingerprint density at radius 3 is 2.43 bits per heavy atom. The van der Waals surface area contributed by atoms with Crippen LogP contribution in [0, 0.1) is 5.92 Å². The number of rotatable bonds is 2. The van der Waals surface area contributed by atoms with E-state index in [0.717, 1.165) is 37.8 Å². The Bertz CT molecular complexity index is 556. The minimum atomic E-state index is -0.480. The molecule has 4 heteroatoms. The van der Waals surface area contributed by atoms with Crippen molar-refractivity contribution < 1.29 is 9.53 Å². The van der Waals surface area contributed by atoms with Crippen molar-refractivity contribution >= 4 is 6.09 Å². The largest absolute Gasteiger partial charge is 0.444 e. The maximum Gasteiger partial charge on any atom is 0.410 e. The smallest absolute Gasteiger partial charge is 0.410 e. The van der Waals surface area contributed by atoms with Gasteiger partial charge in [0.15, 0.2) is 0 Å². The fourth-order valence-electron chi connectivity index (χ4n) is 4.09. The standard InChI is InChI=1S/C19H28N2O2/c1-18(2,3)23-17(22)21-13-14-9-11-19(21,12-10-14)16(20)15-7-5-4-6-8-15/h4-8,14,16H,9-13,20H2,1-3H3. The van der Waals surface area contributed by atoms with E-state index in [1.807, 2.05) is 43.9 Å². The molecule has 4 nitrogen and oxygen atoms in total. The van der Waals surface area contributed by atoms with Crippen molar-refractivity contribution in [1.29, 1.82) is 0 Å². The first-order valence-electron chi connectivity index (χ1n) is 8.63. The van der Waals surface area contributed by atoms with Gasteiger partial charge in [-0.1, -0.05) is 30.3 Å². The Labute approximate surface area is 139 Å². The lowest BCUT2D eigenvalue weighted by molar-refractivity contribution is -0.0642. The number of carbonyl (C=O) groups is 1. The Morgan fingerprint density at radius 1 is 1.26 bits per heavy atom. The highest BCUT2D eigenvalue weighted by Gasteiger charge is 2.53. The average molecular weight is 316 g/mol. The Balaban J connectivity index is 1.90. The predicted molar refractivity (Wildman–Crippen MR) is 91.0 cm³/mol. The lowest BCUT2D eigenvalue weighted by Crippen LogP contribution is -2.65. The molecule has 1 aliphatic carbocycles. The first-order valence-corrected chi connectivity index (χ1v) is 8.63. The van der Waals surface area contributed by atoms with E-state index in [-0.39, 0.29) is 17.7 Å². The first-order chi connectivity index (χ1) is 10.8. The first kappa shape index (κ1) is 16.3. The molecular weight excluding hydrogens is 288 g/mol. The molecule has 0 radical (unpaired) electrons. The van der Waals surface area contributed by atoms with Crippen molar-refractivity contribution in [2.45, 2.75) is 63.6 Å². The lowest BCUT2D eigenvalue weighted by atomic mass is 9.66. The molecule has 2 aliphatic heterocycles. The van der Waals surface area contributed by atoms with Crippen LogP contribution < -0.4 is 5.73 Å². The zero-order valence-electron chi connectivity index (χ0n) is 14.4. The van der Waals surface area contributed by atoms with Gasteiger partial charge in [0.1, 0.15) is 5.60 Å². The second-order valence-corrected chi connectivity index (χ2v) is 8.03. The number of ether oxygens (including phenoxy) is 1. The van der Waals surface area contributed by atoms with Gasteiger partial charge in [0.25, 0.3) is 0 Å². The SMILES string of the molecule is CC(C)(C)OC(=O)N1CC2CCC1(C(N)c1ccccc1)CC2. The Hall–Kier alpha value is -1.55. The fourth-order valence-corrected chi connectivity index (χ4v) is 4.09. The van der Waals surface area contributed by atoms with Crippen molar-refractivity contribution in [3.05, 3.63) is 35.9 Å². The summed E-state index contributed by atoms with van der Waals surface area (Å²) in [6.07, 6.45) is 4.02. The number of nitrogens with zero attached hydrogens (tertiary/aromatic N) is 1. The van der Waals surface area contributed by atoms with E-state index >= 15 is 0 Å². The zero-order chi connectivity index (χ0) is 16.7. The Kier molecular flexibility index (Phi) is 4.13. The van der Waals surface area contributed by atoms with Crippen LogP contribution >= 0.6 is 0 Å². The summed E-state index contributed by atoms with van der Waals surface area (Å²) in [5.74, 6) is 0.590. The van der Waals surface area contributed by atoms with Gasteiger partial charge in [0, 0.05) is 6.54 Å². The molecule has 1 aromatic carbocycles. The number of hydrogen-bond donors (Lipinski definition) is 1. The highest BCUT2D eigenvalue weighted by atomic mass is 16.6. The van der Waals surface area contributed by atoms with Gasteiger partial charge in [0.2, 0.25) is 0 Å². The monoisotopic (exact) mass is 316 g/mol. The van der Waals surface area contributed by atoms with Crippen LogP contribution in [-0.4, -0.2) is 28.7 Å². The summed E-state index contributed by atoms with van der Waals surface area (Å²) in [5.41, 5.74) is 6.99. The van der Waals surface area contributed by atoms with Gasteiger partial charge in [-0.3, -0.25) is 0 Å². The van der Waals surface area contributed by atoms with Gasteiger partial charge in [-0.15, -0.1) is 0 Å². The molecule has 23 heavy (non-hydrogen) atoms. The fraction of sp³-hybridized carbons (Fsp3) is 0.632. The van der Waals surface area contributed by atoms with E-state index in [1.165, 1.54) is 0 Å². The summed E-state index contributed by atoms with van der Waals surface area (Å²) in [6, 6.07) is 9.98. The molecular formula is C19H28N2O2. The zero-order valence-corrected chi connectivity index (χ0v) is 14.4. The maximum atomic E-state index is 12.8. The molecule has 3 aliphatic rings. The van der Waals surface area contributed by atoms with Crippen molar-refractivity contribution in [1.82, 2.24) is 4.90 Å². The molecule has 4 rings (SSSR count). The third-order valence-electron chi connectivity index (χ3n) is 5.30. The van der Waals surface area contributed by atoms with Gasteiger partial charge >= 0.3 is 6.09 Å². The molecule has 1 atom stereocenters. The molecule has 1 amide bonds. The molecule has 2 saturated heterocycles. The minimum absolute atomic E-state index is 0.169.